The van der Waals surface area contributed by atoms with Crippen LogP contribution in [0.5, 0.6) is 5.88 Å². The highest BCUT2D eigenvalue weighted by Gasteiger charge is 2.24. The molecule has 0 spiro atoms. The largest absolute Gasteiger partial charge is 0.478 e. The molecule has 1 saturated heterocycles. The molecule has 1 fully saturated rings. The number of hydrogen-bond acceptors (Lipinski definition) is 6. The number of rotatable bonds is 5. The van der Waals surface area contributed by atoms with Crippen LogP contribution in [0.4, 0.5) is 5.82 Å². The van der Waals surface area contributed by atoms with Crippen LogP contribution in [-0.2, 0) is 0 Å². The zero-order chi connectivity index (χ0) is 16.8. The average Bonchev–Trinajstić information content (AvgIpc) is 2.64. The molecule has 0 unspecified atom stereocenters. The number of nitrogens with zero attached hydrogens (tertiary/aromatic N) is 4. The maximum absolute atomic E-state index is 12.5. The van der Waals surface area contributed by atoms with E-state index in [4.69, 9.17) is 4.74 Å². The fourth-order valence-electron chi connectivity index (χ4n) is 2.73. The van der Waals surface area contributed by atoms with E-state index in [0.29, 0.717) is 24.1 Å². The quantitative estimate of drug-likeness (QED) is 0.904. The predicted octanol–water partition coefficient (Wildman–Crippen LogP) is 1.99. The predicted molar refractivity (Wildman–Crippen MR) is 90.0 cm³/mol. The van der Waals surface area contributed by atoms with Gasteiger partial charge >= 0.3 is 0 Å². The van der Waals surface area contributed by atoms with Crippen molar-refractivity contribution < 1.29 is 9.53 Å². The van der Waals surface area contributed by atoms with Gasteiger partial charge in [0.25, 0.3) is 5.91 Å². The standard InChI is InChI=1S/C17H21N5O2/c1-2-24-16-4-3-13(11-19-16)17(23)22-9-6-14(7-10-22)21-15-5-8-18-12-20-15/h3-5,8,11-12,14H,2,6-7,9-10H2,1H3,(H,18,20,21). The number of carbonyl (C=O) groups excluding carboxylic acids is 1. The molecule has 126 valence electrons. The van der Waals surface area contributed by atoms with Crippen molar-refractivity contribution in [2.24, 2.45) is 0 Å². The van der Waals surface area contributed by atoms with Crippen molar-refractivity contribution in [1.82, 2.24) is 19.9 Å². The normalized spacial score (nSPS) is 15.1. The number of amides is 1. The van der Waals surface area contributed by atoms with Crippen molar-refractivity contribution in [3.63, 3.8) is 0 Å². The number of anilines is 1. The van der Waals surface area contributed by atoms with Crippen LogP contribution < -0.4 is 10.1 Å². The number of aromatic nitrogens is 3. The van der Waals surface area contributed by atoms with E-state index in [2.05, 4.69) is 20.3 Å². The first-order chi connectivity index (χ1) is 11.8. The van der Waals surface area contributed by atoms with Crippen LogP contribution in [0.2, 0.25) is 0 Å². The highest BCUT2D eigenvalue weighted by molar-refractivity contribution is 5.94. The Hall–Kier alpha value is -2.70. The van der Waals surface area contributed by atoms with Gasteiger partial charge in [-0.25, -0.2) is 15.0 Å². The third kappa shape index (κ3) is 3.98. The molecule has 0 saturated carbocycles. The zero-order valence-corrected chi connectivity index (χ0v) is 13.7. The Kier molecular flexibility index (Phi) is 5.20. The first-order valence-electron chi connectivity index (χ1n) is 8.17. The molecule has 0 aromatic carbocycles. The summed E-state index contributed by atoms with van der Waals surface area (Å²) in [5, 5.41) is 3.38. The molecule has 1 aliphatic heterocycles. The van der Waals surface area contributed by atoms with Gasteiger partial charge in [0.05, 0.1) is 12.2 Å². The average molecular weight is 327 g/mol. The molecule has 24 heavy (non-hydrogen) atoms. The minimum absolute atomic E-state index is 0.0195. The van der Waals surface area contributed by atoms with E-state index in [9.17, 15) is 4.79 Å². The summed E-state index contributed by atoms with van der Waals surface area (Å²) in [6, 6.07) is 5.68. The number of ether oxygens (including phenoxy) is 1. The second-order valence-electron chi connectivity index (χ2n) is 5.62. The molecule has 3 heterocycles. The van der Waals surface area contributed by atoms with Crippen molar-refractivity contribution in [3.8, 4) is 5.88 Å². The molecule has 7 nitrogen and oxygen atoms in total. The van der Waals surface area contributed by atoms with Crippen LogP contribution in [-0.4, -0.2) is 51.5 Å². The van der Waals surface area contributed by atoms with E-state index in [1.54, 1.807) is 24.5 Å². The molecule has 0 aliphatic carbocycles. The lowest BCUT2D eigenvalue weighted by molar-refractivity contribution is 0.0718. The minimum atomic E-state index is 0.0195. The molecule has 1 aliphatic rings. The molecule has 1 amide bonds. The molecule has 0 bridgehead atoms. The summed E-state index contributed by atoms with van der Waals surface area (Å²) in [5.74, 6) is 1.39. The lowest BCUT2D eigenvalue weighted by Gasteiger charge is -2.32. The minimum Gasteiger partial charge on any atom is -0.478 e. The molecular formula is C17H21N5O2. The van der Waals surface area contributed by atoms with Gasteiger partial charge in [-0.3, -0.25) is 4.79 Å². The van der Waals surface area contributed by atoms with Gasteiger partial charge in [0.2, 0.25) is 5.88 Å². The Balaban J connectivity index is 1.53. The summed E-state index contributed by atoms with van der Waals surface area (Å²) in [7, 11) is 0. The van der Waals surface area contributed by atoms with Crippen LogP contribution in [0, 0.1) is 0 Å². The first-order valence-corrected chi connectivity index (χ1v) is 8.17. The molecule has 2 aromatic heterocycles. The number of piperidine rings is 1. The van der Waals surface area contributed by atoms with Gasteiger partial charge < -0.3 is 15.0 Å². The number of hydrogen-bond donors (Lipinski definition) is 1. The maximum atomic E-state index is 12.5. The highest BCUT2D eigenvalue weighted by atomic mass is 16.5. The summed E-state index contributed by atoms with van der Waals surface area (Å²) >= 11 is 0. The van der Waals surface area contributed by atoms with Gasteiger partial charge in [-0.2, -0.15) is 0 Å². The maximum Gasteiger partial charge on any atom is 0.255 e. The van der Waals surface area contributed by atoms with Gasteiger partial charge in [-0.05, 0) is 31.9 Å². The van der Waals surface area contributed by atoms with E-state index < -0.39 is 0 Å². The van der Waals surface area contributed by atoms with Crippen molar-refractivity contribution in [1.29, 1.82) is 0 Å². The number of carbonyl (C=O) groups is 1. The van der Waals surface area contributed by atoms with E-state index in [0.717, 1.165) is 31.7 Å². The zero-order valence-electron chi connectivity index (χ0n) is 13.7. The van der Waals surface area contributed by atoms with Crippen molar-refractivity contribution >= 4 is 11.7 Å². The van der Waals surface area contributed by atoms with Gasteiger partial charge in [-0.1, -0.05) is 0 Å². The van der Waals surface area contributed by atoms with E-state index in [1.807, 2.05) is 17.9 Å². The van der Waals surface area contributed by atoms with Crippen LogP contribution in [0.25, 0.3) is 0 Å². The summed E-state index contributed by atoms with van der Waals surface area (Å²) in [6.45, 7) is 3.90. The Labute approximate surface area is 141 Å². The Morgan fingerprint density at radius 3 is 2.75 bits per heavy atom. The smallest absolute Gasteiger partial charge is 0.255 e. The molecular weight excluding hydrogens is 306 g/mol. The summed E-state index contributed by atoms with van der Waals surface area (Å²) in [4.78, 5) is 26.6. The third-order valence-electron chi connectivity index (χ3n) is 3.99. The summed E-state index contributed by atoms with van der Waals surface area (Å²) in [5.41, 5.74) is 0.598. The van der Waals surface area contributed by atoms with Gasteiger partial charge in [0.1, 0.15) is 12.1 Å². The first kappa shape index (κ1) is 16.2. The topological polar surface area (TPSA) is 80.2 Å². The molecule has 0 radical (unpaired) electrons. The lowest BCUT2D eigenvalue weighted by Crippen LogP contribution is -2.42. The van der Waals surface area contributed by atoms with Crippen LogP contribution >= 0.6 is 0 Å². The van der Waals surface area contributed by atoms with Gasteiger partial charge in [0.15, 0.2) is 0 Å². The SMILES string of the molecule is CCOc1ccc(C(=O)N2CCC(Nc3ccncn3)CC2)cn1. The van der Waals surface area contributed by atoms with Crippen molar-refractivity contribution in [2.45, 2.75) is 25.8 Å². The van der Waals surface area contributed by atoms with Gasteiger partial charge in [0, 0.05) is 37.6 Å². The van der Waals surface area contributed by atoms with Crippen molar-refractivity contribution in [2.75, 3.05) is 25.0 Å². The van der Waals surface area contributed by atoms with Crippen LogP contribution in [0.15, 0.2) is 36.9 Å². The lowest BCUT2D eigenvalue weighted by atomic mass is 10.0. The van der Waals surface area contributed by atoms with Crippen LogP contribution in [0.1, 0.15) is 30.1 Å². The fraction of sp³-hybridized carbons (Fsp3) is 0.412. The molecule has 0 atom stereocenters. The fourth-order valence-corrected chi connectivity index (χ4v) is 2.73. The van der Waals surface area contributed by atoms with Crippen LogP contribution in [0.3, 0.4) is 0 Å². The van der Waals surface area contributed by atoms with Crippen molar-refractivity contribution in [3.05, 3.63) is 42.5 Å². The third-order valence-corrected chi connectivity index (χ3v) is 3.99. The van der Waals surface area contributed by atoms with E-state index >= 15 is 0 Å². The number of nitrogens with one attached hydrogen (secondary N) is 1. The molecule has 3 rings (SSSR count). The summed E-state index contributed by atoms with van der Waals surface area (Å²) < 4.78 is 5.30. The Bertz CT molecular complexity index is 654. The number of likely N-dealkylation sites (tertiary alicyclic amines) is 1. The molecule has 2 aromatic rings. The number of pyridine rings is 1. The highest BCUT2D eigenvalue weighted by Crippen LogP contribution is 2.17. The molecule has 1 N–H and O–H groups in total. The second kappa shape index (κ2) is 7.72. The molecule has 7 heteroatoms. The van der Waals surface area contributed by atoms with Gasteiger partial charge in [-0.15, -0.1) is 0 Å². The monoisotopic (exact) mass is 327 g/mol. The Morgan fingerprint density at radius 1 is 1.29 bits per heavy atom. The second-order valence-corrected chi connectivity index (χ2v) is 5.62. The van der Waals surface area contributed by atoms with E-state index in [1.165, 1.54) is 6.33 Å². The summed E-state index contributed by atoms with van der Waals surface area (Å²) in [6.07, 6.45) is 6.60. The van der Waals surface area contributed by atoms with E-state index in [-0.39, 0.29) is 5.91 Å². The Morgan fingerprint density at radius 2 is 2.12 bits per heavy atom.